The third-order valence-electron chi connectivity index (χ3n) is 3.38. The molecule has 3 aromatic rings. The van der Waals surface area contributed by atoms with Crippen LogP contribution in [-0.4, -0.2) is 17.3 Å². The molecular formula is C20H16N2O3. The van der Waals surface area contributed by atoms with E-state index in [1.165, 1.54) is 12.1 Å². The fraction of sp³-hybridized carbons (Fsp3) is 0. The van der Waals surface area contributed by atoms with Gasteiger partial charge in [0.15, 0.2) is 0 Å². The van der Waals surface area contributed by atoms with Gasteiger partial charge < -0.3 is 9.84 Å². The lowest BCUT2D eigenvalue weighted by molar-refractivity contribution is 0.0697. The number of aromatic carboxylic acids is 1. The van der Waals surface area contributed by atoms with E-state index >= 15 is 0 Å². The number of hydrazone groups is 1. The zero-order valence-electron chi connectivity index (χ0n) is 13.3. The van der Waals surface area contributed by atoms with Crippen LogP contribution in [0.5, 0.6) is 11.5 Å². The molecule has 0 aliphatic rings. The van der Waals surface area contributed by atoms with Crippen molar-refractivity contribution in [2.45, 2.75) is 0 Å². The van der Waals surface area contributed by atoms with Gasteiger partial charge in [0, 0.05) is 0 Å². The van der Waals surface area contributed by atoms with Gasteiger partial charge >= 0.3 is 5.97 Å². The summed E-state index contributed by atoms with van der Waals surface area (Å²) in [6.45, 7) is 0. The lowest BCUT2D eigenvalue weighted by Crippen LogP contribution is -1.96. The lowest BCUT2D eigenvalue weighted by atomic mass is 10.2. The summed E-state index contributed by atoms with van der Waals surface area (Å²) in [5.74, 6) is 0.541. The van der Waals surface area contributed by atoms with Crippen LogP contribution in [0.2, 0.25) is 0 Å². The van der Waals surface area contributed by atoms with Gasteiger partial charge in [0.25, 0.3) is 0 Å². The van der Waals surface area contributed by atoms with Gasteiger partial charge in [-0.1, -0.05) is 30.3 Å². The third-order valence-corrected chi connectivity index (χ3v) is 3.38. The van der Waals surface area contributed by atoms with E-state index < -0.39 is 5.97 Å². The van der Waals surface area contributed by atoms with Crippen LogP contribution in [0.3, 0.4) is 0 Å². The number of carbonyl (C=O) groups is 1. The second-order valence-corrected chi connectivity index (χ2v) is 5.24. The van der Waals surface area contributed by atoms with Gasteiger partial charge in [-0.15, -0.1) is 0 Å². The van der Waals surface area contributed by atoms with Gasteiger partial charge in [-0.25, -0.2) is 4.79 Å². The number of para-hydroxylation sites is 1. The number of hydrogen-bond acceptors (Lipinski definition) is 4. The summed E-state index contributed by atoms with van der Waals surface area (Å²) >= 11 is 0. The van der Waals surface area contributed by atoms with Crippen LogP contribution in [0.25, 0.3) is 0 Å². The molecule has 124 valence electrons. The molecule has 25 heavy (non-hydrogen) atoms. The van der Waals surface area contributed by atoms with Crippen molar-refractivity contribution in [1.82, 2.24) is 0 Å². The monoisotopic (exact) mass is 332 g/mol. The average Bonchev–Trinajstić information content (AvgIpc) is 2.63. The minimum Gasteiger partial charge on any atom is -0.478 e. The predicted molar refractivity (Wildman–Crippen MR) is 97.6 cm³/mol. The molecular weight excluding hydrogens is 316 g/mol. The minimum absolute atomic E-state index is 0.236. The maximum absolute atomic E-state index is 10.8. The molecule has 3 aromatic carbocycles. The number of nitrogens with one attached hydrogen (secondary N) is 1. The van der Waals surface area contributed by atoms with Crippen LogP contribution in [0.4, 0.5) is 5.69 Å². The molecule has 0 aliphatic heterocycles. The van der Waals surface area contributed by atoms with Gasteiger partial charge in [0.05, 0.1) is 17.5 Å². The number of nitrogens with zero attached hydrogens (tertiary/aromatic N) is 1. The van der Waals surface area contributed by atoms with Crippen LogP contribution in [-0.2, 0) is 0 Å². The minimum atomic E-state index is -0.953. The third kappa shape index (κ3) is 4.68. The highest BCUT2D eigenvalue weighted by atomic mass is 16.5. The Hall–Kier alpha value is -3.60. The van der Waals surface area contributed by atoms with Crippen molar-refractivity contribution in [2.24, 2.45) is 5.10 Å². The zero-order valence-corrected chi connectivity index (χ0v) is 13.3. The second-order valence-electron chi connectivity index (χ2n) is 5.24. The van der Waals surface area contributed by atoms with Gasteiger partial charge in [-0.05, 0) is 54.1 Å². The fourth-order valence-corrected chi connectivity index (χ4v) is 2.15. The maximum atomic E-state index is 10.8. The van der Waals surface area contributed by atoms with E-state index in [2.05, 4.69) is 10.5 Å². The molecule has 0 unspecified atom stereocenters. The van der Waals surface area contributed by atoms with Crippen molar-refractivity contribution < 1.29 is 14.6 Å². The summed E-state index contributed by atoms with van der Waals surface area (Å²) in [6, 6.07) is 23.5. The molecule has 0 aromatic heterocycles. The second kappa shape index (κ2) is 7.79. The number of ether oxygens (including phenoxy) is 1. The summed E-state index contributed by atoms with van der Waals surface area (Å²) in [5, 5.41) is 13.0. The first-order chi connectivity index (χ1) is 12.2. The van der Waals surface area contributed by atoms with E-state index in [-0.39, 0.29) is 5.56 Å². The number of rotatable bonds is 6. The van der Waals surface area contributed by atoms with Crippen LogP contribution in [0, 0.1) is 0 Å². The molecule has 0 spiro atoms. The molecule has 3 rings (SSSR count). The number of carboxylic acids is 1. The Labute approximate surface area is 145 Å². The largest absolute Gasteiger partial charge is 0.478 e. The molecule has 0 atom stereocenters. The Bertz CT molecular complexity index is 875. The van der Waals surface area contributed by atoms with Crippen molar-refractivity contribution in [2.75, 3.05) is 5.43 Å². The summed E-state index contributed by atoms with van der Waals surface area (Å²) in [4.78, 5) is 10.8. The highest BCUT2D eigenvalue weighted by Crippen LogP contribution is 2.21. The number of anilines is 1. The first-order valence-corrected chi connectivity index (χ1v) is 7.66. The van der Waals surface area contributed by atoms with E-state index in [1.54, 1.807) is 18.3 Å². The summed E-state index contributed by atoms with van der Waals surface area (Å²) in [5.41, 5.74) is 4.68. The Morgan fingerprint density at radius 2 is 1.64 bits per heavy atom. The molecule has 0 aliphatic carbocycles. The molecule has 2 N–H and O–H groups in total. The highest BCUT2D eigenvalue weighted by Gasteiger charge is 2.01. The average molecular weight is 332 g/mol. The summed E-state index contributed by atoms with van der Waals surface area (Å²) in [6.07, 6.45) is 1.67. The van der Waals surface area contributed by atoms with E-state index in [9.17, 15) is 4.79 Å². The van der Waals surface area contributed by atoms with Crippen LogP contribution < -0.4 is 10.2 Å². The number of hydrogen-bond donors (Lipinski definition) is 2. The smallest absolute Gasteiger partial charge is 0.335 e. The Balaban J connectivity index is 1.63. The molecule has 0 amide bonds. The molecule has 5 heteroatoms. The zero-order chi connectivity index (χ0) is 17.5. The van der Waals surface area contributed by atoms with E-state index in [0.29, 0.717) is 5.69 Å². The maximum Gasteiger partial charge on any atom is 0.335 e. The van der Waals surface area contributed by atoms with Crippen molar-refractivity contribution in [3.63, 3.8) is 0 Å². The molecule has 0 bridgehead atoms. The quantitative estimate of drug-likeness (QED) is 0.510. The molecule has 0 heterocycles. The Morgan fingerprint density at radius 1 is 0.920 bits per heavy atom. The van der Waals surface area contributed by atoms with Crippen LogP contribution in [0.15, 0.2) is 84.0 Å². The standard InChI is InChI=1S/C20H16N2O3/c23-20(24)16-9-11-17(12-10-16)22-21-14-15-5-4-8-19(13-15)25-18-6-2-1-3-7-18/h1-14,22H,(H,23,24)/b21-14+. The summed E-state index contributed by atoms with van der Waals surface area (Å²) in [7, 11) is 0. The fourth-order valence-electron chi connectivity index (χ4n) is 2.15. The number of benzene rings is 3. The molecule has 0 saturated carbocycles. The molecule has 0 fully saturated rings. The predicted octanol–water partition coefficient (Wildman–Crippen LogP) is 4.62. The highest BCUT2D eigenvalue weighted by molar-refractivity contribution is 5.88. The summed E-state index contributed by atoms with van der Waals surface area (Å²) < 4.78 is 5.78. The first-order valence-electron chi connectivity index (χ1n) is 7.66. The van der Waals surface area contributed by atoms with Crippen molar-refractivity contribution in [3.05, 3.63) is 90.0 Å². The van der Waals surface area contributed by atoms with Gasteiger partial charge in [0.2, 0.25) is 0 Å². The topological polar surface area (TPSA) is 70.9 Å². The number of carboxylic acid groups (broad SMARTS) is 1. The Morgan fingerprint density at radius 3 is 2.36 bits per heavy atom. The molecule has 0 saturated heterocycles. The van der Waals surface area contributed by atoms with E-state index in [4.69, 9.17) is 9.84 Å². The van der Waals surface area contributed by atoms with Crippen molar-refractivity contribution >= 4 is 17.9 Å². The Kier molecular flexibility index (Phi) is 5.07. The first kappa shape index (κ1) is 16.3. The van der Waals surface area contributed by atoms with Crippen molar-refractivity contribution in [1.29, 1.82) is 0 Å². The van der Waals surface area contributed by atoms with Crippen LogP contribution >= 0.6 is 0 Å². The molecule has 5 nitrogen and oxygen atoms in total. The van der Waals surface area contributed by atoms with Gasteiger partial charge in [0.1, 0.15) is 11.5 Å². The van der Waals surface area contributed by atoms with Crippen LogP contribution in [0.1, 0.15) is 15.9 Å². The van der Waals surface area contributed by atoms with Crippen molar-refractivity contribution in [3.8, 4) is 11.5 Å². The lowest BCUT2D eigenvalue weighted by Gasteiger charge is -2.06. The molecule has 0 radical (unpaired) electrons. The normalized spacial score (nSPS) is 10.6. The van der Waals surface area contributed by atoms with Gasteiger partial charge in [-0.2, -0.15) is 5.10 Å². The SMILES string of the molecule is O=C(O)c1ccc(N/N=C/c2cccc(Oc3ccccc3)c2)cc1. The van der Waals surface area contributed by atoms with Gasteiger partial charge in [-0.3, -0.25) is 5.43 Å². The van der Waals surface area contributed by atoms with E-state index in [1.807, 2.05) is 54.6 Å². The van der Waals surface area contributed by atoms with E-state index in [0.717, 1.165) is 17.1 Å².